The van der Waals surface area contributed by atoms with Crippen LogP contribution in [0.15, 0.2) is 18.3 Å². The number of aromatic nitrogens is 1. The van der Waals surface area contributed by atoms with Crippen molar-refractivity contribution in [2.45, 2.75) is 12.3 Å². The van der Waals surface area contributed by atoms with Gasteiger partial charge in [-0.2, -0.15) is 0 Å². The van der Waals surface area contributed by atoms with Crippen LogP contribution < -0.4 is 5.32 Å². The smallest absolute Gasteiger partial charge is 0.342 e. The molecule has 10 heteroatoms. The zero-order valence-corrected chi connectivity index (χ0v) is 11.3. The number of pyridine rings is 1. The summed E-state index contributed by atoms with van der Waals surface area (Å²) in [6.07, 6.45) is 1.52. The fourth-order valence-electron chi connectivity index (χ4n) is 1.20. The number of anilines is 1. The summed E-state index contributed by atoms with van der Waals surface area (Å²) in [7, 11) is -9.79. The molecule has 0 spiro atoms. The normalized spacial score (nSPS) is 12.8. The van der Waals surface area contributed by atoms with E-state index in [1.54, 1.807) is 12.1 Å². The lowest BCUT2D eigenvalue weighted by atomic mass is 10.3. The van der Waals surface area contributed by atoms with Crippen LogP contribution in [0, 0.1) is 6.92 Å². The molecule has 0 aliphatic carbocycles. The Labute approximate surface area is 103 Å². The van der Waals surface area contributed by atoms with Crippen LogP contribution in [-0.2, 0) is 9.13 Å². The lowest BCUT2D eigenvalue weighted by Crippen LogP contribution is -2.20. The molecule has 8 nitrogen and oxygen atoms in total. The monoisotopic (exact) mass is 296 g/mol. The van der Waals surface area contributed by atoms with Gasteiger partial charge in [-0.05, 0) is 18.6 Å². The highest BCUT2D eigenvalue weighted by atomic mass is 31.2. The van der Waals surface area contributed by atoms with E-state index in [2.05, 4.69) is 10.3 Å². The van der Waals surface area contributed by atoms with Gasteiger partial charge in [0.1, 0.15) is 5.82 Å². The van der Waals surface area contributed by atoms with Gasteiger partial charge in [-0.3, -0.25) is 9.13 Å². The molecule has 0 radical (unpaired) electrons. The molecule has 18 heavy (non-hydrogen) atoms. The summed E-state index contributed by atoms with van der Waals surface area (Å²) in [5.74, 6) is 0.285. The first-order chi connectivity index (χ1) is 8.10. The van der Waals surface area contributed by atoms with Crippen molar-refractivity contribution in [3.05, 3.63) is 23.9 Å². The minimum absolute atomic E-state index is 0.285. The highest BCUT2D eigenvalue weighted by Gasteiger charge is 2.43. The highest BCUT2D eigenvalue weighted by molar-refractivity contribution is 7.70. The van der Waals surface area contributed by atoms with E-state index in [1.165, 1.54) is 6.20 Å². The molecule has 0 aromatic carbocycles. The molecule has 0 unspecified atom stereocenters. The van der Waals surface area contributed by atoms with Crippen LogP contribution in [0.1, 0.15) is 5.56 Å². The molecule has 0 amide bonds. The number of aryl methyl sites for hydroxylation is 1. The van der Waals surface area contributed by atoms with E-state index in [4.69, 9.17) is 19.6 Å². The van der Waals surface area contributed by atoms with Crippen LogP contribution in [0.2, 0.25) is 0 Å². The van der Waals surface area contributed by atoms with Crippen molar-refractivity contribution in [1.29, 1.82) is 0 Å². The van der Waals surface area contributed by atoms with Gasteiger partial charge in [-0.25, -0.2) is 4.98 Å². The van der Waals surface area contributed by atoms with Gasteiger partial charge in [0.25, 0.3) is 0 Å². The number of hydrogen-bond acceptors (Lipinski definition) is 4. The van der Waals surface area contributed by atoms with Gasteiger partial charge in [0, 0.05) is 12.7 Å². The van der Waals surface area contributed by atoms with E-state index in [-0.39, 0.29) is 5.82 Å². The molecule has 0 saturated heterocycles. The maximum atomic E-state index is 11.0. The van der Waals surface area contributed by atoms with Crippen LogP contribution in [0.5, 0.6) is 0 Å². The third-order valence-corrected chi connectivity index (χ3v) is 5.88. The summed E-state index contributed by atoms with van der Waals surface area (Å²) in [5.41, 5.74) is 0.891. The van der Waals surface area contributed by atoms with Crippen LogP contribution >= 0.6 is 15.2 Å². The SMILES string of the molecule is Cc1ccc(NCC(P(=O)(O)O)P(=O)(O)O)nc1. The van der Waals surface area contributed by atoms with Crippen LogP contribution in [0.4, 0.5) is 5.82 Å². The van der Waals surface area contributed by atoms with Crippen molar-refractivity contribution in [2.24, 2.45) is 0 Å². The average Bonchev–Trinajstić information content (AvgIpc) is 2.17. The molecule has 1 heterocycles. The van der Waals surface area contributed by atoms with Crippen molar-refractivity contribution in [2.75, 3.05) is 11.9 Å². The Bertz CT molecular complexity index is 471. The first-order valence-electron chi connectivity index (χ1n) is 4.87. The van der Waals surface area contributed by atoms with Gasteiger partial charge in [0.15, 0.2) is 5.40 Å². The van der Waals surface area contributed by atoms with Crippen LogP contribution in [0.3, 0.4) is 0 Å². The topological polar surface area (TPSA) is 140 Å². The Morgan fingerprint density at radius 3 is 2.17 bits per heavy atom. The summed E-state index contributed by atoms with van der Waals surface area (Å²) in [6.45, 7) is 1.25. The molecule has 0 atom stereocenters. The Hall–Kier alpha value is -0.750. The second-order valence-electron chi connectivity index (χ2n) is 3.76. The second kappa shape index (κ2) is 5.48. The molecule has 0 fully saturated rings. The number of nitrogens with one attached hydrogen (secondary N) is 1. The summed E-state index contributed by atoms with van der Waals surface area (Å²) in [5, 5.41) is 0.414. The van der Waals surface area contributed by atoms with E-state index in [1.807, 2.05) is 6.92 Å². The quantitative estimate of drug-likeness (QED) is 0.494. The number of nitrogens with zero attached hydrogens (tertiary/aromatic N) is 1. The van der Waals surface area contributed by atoms with Gasteiger partial charge in [-0.15, -0.1) is 0 Å². The summed E-state index contributed by atoms with van der Waals surface area (Å²) in [4.78, 5) is 39.5. The van der Waals surface area contributed by atoms with Crippen molar-refractivity contribution in [1.82, 2.24) is 4.98 Å². The van der Waals surface area contributed by atoms with Gasteiger partial charge in [0.2, 0.25) is 0 Å². The molecule has 0 aliphatic rings. The number of rotatable bonds is 5. The fraction of sp³-hybridized carbons (Fsp3) is 0.375. The maximum absolute atomic E-state index is 11.0. The van der Waals surface area contributed by atoms with Gasteiger partial charge in [0.05, 0.1) is 0 Å². The molecular weight excluding hydrogens is 282 g/mol. The lowest BCUT2D eigenvalue weighted by molar-refractivity contribution is 0.340. The molecule has 1 aromatic heterocycles. The Morgan fingerprint density at radius 1 is 1.22 bits per heavy atom. The predicted octanol–water partition coefficient (Wildman–Crippen LogP) is 0.483. The van der Waals surface area contributed by atoms with E-state index in [0.29, 0.717) is 0 Å². The van der Waals surface area contributed by atoms with Gasteiger partial charge in [-0.1, -0.05) is 6.07 Å². The van der Waals surface area contributed by atoms with Crippen molar-refractivity contribution < 1.29 is 28.7 Å². The second-order valence-corrected chi connectivity index (χ2v) is 7.77. The summed E-state index contributed by atoms with van der Waals surface area (Å²) in [6, 6.07) is 3.26. The third-order valence-electron chi connectivity index (χ3n) is 2.15. The molecule has 0 bridgehead atoms. The van der Waals surface area contributed by atoms with Crippen molar-refractivity contribution in [3.8, 4) is 0 Å². The average molecular weight is 296 g/mol. The maximum Gasteiger partial charge on any atom is 0.342 e. The molecule has 5 N–H and O–H groups in total. The van der Waals surface area contributed by atoms with Crippen molar-refractivity contribution >= 4 is 21.0 Å². The Balaban J connectivity index is 2.78. The molecule has 0 aliphatic heterocycles. The highest BCUT2D eigenvalue weighted by Crippen LogP contribution is 2.59. The fourth-order valence-corrected chi connectivity index (χ4v) is 3.43. The molecule has 0 saturated carbocycles. The van der Waals surface area contributed by atoms with E-state index >= 15 is 0 Å². The van der Waals surface area contributed by atoms with E-state index in [0.717, 1.165) is 5.56 Å². The zero-order valence-electron chi connectivity index (χ0n) is 9.46. The first-order valence-corrected chi connectivity index (χ1v) is 8.24. The largest absolute Gasteiger partial charge is 0.368 e. The first kappa shape index (κ1) is 15.3. The summed E-state index contributed by atoms with van der Waals surface area (Å²) >= 11 is 0. The zero-order chi connectivity index (χ0) is 14.0. The minimum atomic E-state index is -4.90. The Kier molecular flexibility index (Phi) is 4.66. The molecule has 102 valence electrons. The van der Waals surface area contributed by atoms with E-state index < -0.39 is 27.1 Å². The third kappa shape index (κ3) is 4.49. The van der Waals surface area contributed by atoms with Crippen molar-refractivity contribution in [3.63, 3.8) is 0 Å². The van der Waals surface area contributed by atoms with E-state index in [9.17, 15) is 9.13 Å². The summed E-state index contributed by atoms with van der Waals surface area (Å²) < 4.78 is 22.0. The standard InChI is InChI=1S/C8H14N2O6P2/c1-6-2-3-7(9-4-6)10-5-8(17(11,12)13)18(14,15)16/h2-4,8H,5H2,1H3,(H,9,10)(H2,11,12,13)(H2,14,15,16). The lowest BCUT2D eigenvalue weighted by Gasteiger charge is -2.20. The number of hydrogen-bond donors (Lipinski definition) is 5. The molecule has 1 rings (SSSR count). The predicted molar refractivity (Wildman–Crippen MR) is 65.3 cm³/mol. The minimum Gasteiger partial charge on any atom is -0.368 e. The van der Waals surface area contributed by atoms with Crippen LogP contribution in [0.25, 0.3) is 0 Å². The Morgan fingerprint density at radius 2 is 1.78 bits per heavy atom. The van der Waals surface area contributed by atoms with Crippen LogP contribution in [-0.4, -0.2) is 36.5 Å². The van der Waals surface area contributed by atoms with Gasteiger partial charge < -0.3 is 24.9 Å². The molecular formula is C8H14N2O6P2. The van der Waals surface area contributed by atoms with Gasteiger partial charge >= 0.3 is 15.2 Å². The molecule has 1 aromatic rings.